The van der Waals surface area contributed by atoms with Gasteiger partial charge in [-0.1, -0.05) is 0 Å². The van der Waals surface area contributed by atoms with Crippen LogP contribution in [0.5, 0.6) is 0 Å². The molecule has 122 valence electrons. The molecule has 0 unspecified atom stereocenters. The van der Waals surface area contributed by atoms with Crippen molar-refractivity contribution in [1.82, 2.24) is 0 Å². The molecule has 0 aliphatic rings. The summed E-state index contributed by atoms with van der Waals surface area (Å²) in [6, 6.07) is 0. The Morgan fingerprint density at radius 1 is 0.667 bits per heavy atom. The molecular weight excluding hydrogens is 368 g/mol. The number of carbonyl (C=O) groups excluding carboxylic acids is 6. The third kappa shape index (κ3) is 24.3. The van der Waals surface area contributed by atoms with Gasteiger partial charge in [0.05, 0.1) is 23.1 Å². The fourth-order valence-electron chi connectivity index (χ4n) is 0.597. The first-order chi connectivity index (χ1) is 8.07. The van der Waals surface area contributed by atoms with Crippen molar-refractivity contribution in [3.8, 4) is 0 Å². The molecule has 0 aromatic rings. The second-order valence-corrected chi connectivity index (χ2v) is 3.92. The van der Waals surface area contributed by atoms with Gasteiger partial charge in [-0.15, -0.1) is 0 Å². The molecule has 11 heteroatoms. The molecule has 0 aromatic heterocycles. The second-order valence-electron chi connectivity index (χ2n) is 3.18. The van der Waals surface area contributed by atoms with Crippen molar-refractivity contribution in [1.29, 1.82) is 0 Å². The van der Waals surface area contributed by atoms with Gasteiger partial charge >= 0.3 is 17.1 Å². The van der Waals surface area contributed by atoms with Gasteiger partial charge in [0.2, 0.25) is 0 Å². The summed E-state index contributed by atoms with van der Waals surface area (Å²) in [6.07, 6.45) is -0.718. The smallest absolute Gasteiger partial charge is 0.734 e. The topological polar surface area (TPSA) is 165 Å². The summed E-state index contributed by atoms with van der Waals surface area (Å²) in [7, 11) is 0. The minimum absolute atomic E-state index is 0. The van der Waals surface area contributed by atoms with E-state index in [-0.39, 0.29) is 52.4 Å². The van der Waals surface area contributed by atoms with E-state index in [1.807, 2.05) is 0 Å². The van der Waals surface area contributed by atoms with E-state index in [0.29, 0.717) is 0 Å². The van der Waals surface area contributed by atoms with Crippen molar-refractivity contribution in [2.24, 2.45) is 0 Å². The predicted octanol–water partition coefficient (Wildman–Crippen LogP) is -2.44. The Kier molecular flexibility index (Phi) is 25.8. The Labute approximate surface area is 142 Å². The maximum absolute atomic E-state index is 10.3. The van der Waals surface area contributed by atoms with Crippen LogP contribution in [0, 0.1) is 0 Å². The number of ketones is 4. The third-order valence-corrected chi connectivity index (χ3v) is 1.73. The van der Waals surface area contributed by atoms with Gasteiger partial charge in [0.25, 0.3) is 0 Å². The Morgan fingerprint density at radius 2 is 0.857 bits per heavy atom. The molecular formula is C10H14FeO8S2. The first-order valence-electron chi connectivity index (χ1n) is 4.55. The van der Waals surface area contributed by atoms with Gasteiger partial charge < -0.3 is 45.8 Å². The summed E-state index contributed by atoms with van der Waals surface area (Å²) in [6.45, 7) is 2.46. The Balaban J connectivity index is -0.0000000711. The molecule has 0 heterocycles. The quantitative estimate of drug-likeness (QED) is 0.211. The van der Waals surface area contributed by atoms with E-state index in [0.717, 1.165) is 0 Å². The Hall–Kier alpha value is -1.10. The van der Waals surface area contributed by atoms with Crippen LogP contribution >= 0.6 is 0 Å². The molecule has 0 aromatic carbocycles. The van der Waals surface area contributed by atoms with Crippen molar-refractivity contribution in [3.05, 3.63) is 0 Å². The fourth-order valence-corrected chi connectivity index (χ4v) is 0.741. The van der Waals surface area contributed by atoms with Crippen LogP contribution in [0.15, 0.2) is 0 Å². The summed E-state index contributed by atoms with van der Waals surface area (Å²) in [5.41, 5.74) is 0. The average molecular weight is 382 g/mol. The molecule has 0 saturated heterocycles. The summed E-state index contributed by atoms with van der Waals surface area (Å²) < 4.78 is 0. The van der Waals surface area contributed by atoms with E-state index in [2.05, 4.69) is 25.3 Å². The normalized spacial score (nSPS) is 7.33. The van der Waals surface area contributed by atoms with Gasteiger partial charge in [-0.3, -0.25) is 19.2 Å². The second kappa shape index (κ2) is 17.0. The number of hydrogen-bond acceptors (Lipinski definition) is 8. The molecule has 0 spiro atoms. The summed E-state index contributed by atoms with van der Waals surface area (Å²) >= 11 is 7.96. The molecule has 0 rings (SSSR count). The number of rotatable bonds is 6. The summed E-state index contributed by atoms with van der Waals surface area (Å²) in [4.78, 5) is 60.8. The van der Waals surface area contributed by atoms with Gasteiger partial charge in [-0.05, 0) is 13.8 Å². The van der Waals surface area contributed by atoms with Crippen LogP contribution in [0.3, 0.4) is 0 Å². The van der Waals surface area contributed by atoms with Crippen LogP contribution in [0.4, 0.5) is 0 Å². The first kappa shape index (κ1) is 32.0. The molecule has 0 aliphatic heterocycles. The largest absolute Gasteiger partial charge is 2.00 e. The Morgan fingerprint density at radius 3 is 0.905 bits per heavy atom. The molecule has 0 atom stereocenters. The fraction of sp³-hybridized carbons (Fsp3) is 0.400. The zero-order chi connectivity index (χ0) is 14.9. The van der Waals surface area contributed by atoms with Gasteiger partial charge in [0.15, 0.2) is 11.6 Å². The molecule has 0 amide bonds. The van der Waals surface area contributed by atoms with Crippen LogP contribution in [-0.2, 0) is 71.1 Å². The van der Waals surface area contributed by atoms with E-state index < -0.39 is 21.8 Å². The molecule has 0 radical (unpaired) electrons. The molecule has 0 bridgehead atoms. The maximum Gasteiger partial charge on any atom is 2.00 e. The summed E-state index contributed by atoms with van der Waals surface area (Å²) in [5, 5.41) is -1.93. The average Bonchev–Trinajstić information content (AvgIpc) is 2.16. The molecule has 4 N–H and O–H groups in total. The van der Waals surface area contributed by atoms with Crippen LogP contribution in [-0.4, -0.2) is 44.3 Å². The minimum atomic E-state index is -0.967. The predicted molar refractivity (Wildman–Crippen MR) is 72.6 cm³/mol. The van der Waals surface area contributed by atoms with Crippen molar-refractivity contribution in [2.45, 2.75) is 26.7 Å². The molecule has 8 nitrogen and oxygen atoms in total. The van der Waals surface area contributed by atoms with E-state index in [1.54, 1.807) is 0 Å². The molecule has 0 saturated carbocycles. The molecule has 0 fully saturated rings. The standard InChI is InChI=1S/2C5H6O3S.Fe.2H2O/c2*1-3(6)2-4(7)5(8)9;;;/h2*2H2,1H3,(H,8,9);;2*1H2/q;;+2;;/p-2. The number of hydrogen-bond donors (Lipinski definition) is 0. The van der Waals surface area contributed by atoms with Crippen LogP contribution < -0.4 is 0 Å². The third-order valence-electron chi connectivity index (χ3n) is 1.27. The van der Waals surface area contributed by atoms with Crippen molar-refractivity contribution in [2.75, 3.05) is 0 Å². The van der Waals surface area contributed by atoms with Crippen molar-refractivity contribution < 1.29 is 56.8 Å². The van der Waals surface area contributed by atoms with Crippen LogP contribution in [0.1, 0.15) is 26.7 Å². The van der Waals surface area contributed by atoms with E-state index in [4.69, 9.17) is 0 Å². The monoisotopic (exact) mass is 382 g/mol. The van der Waals surface area contributed by atoms with E-state index >= 15 is 0 Å². The SMILES string of the molecule is CC(=O)CC(=O)C(=O)[S-].CC(=O)CC(=O)C(=O)[S-].O.O.[Fe+2]. The molecule has 0 aliphatic carbocycles. The van der Waals surface area contributed by atoms with Gasteiger partial charge in [-0.2, -0.15) is 0 Å². The van der Waals surface area contributed by atoms with Gasteiger partial charge in [-0.25, -0.2) is 0 Å². The van der Waals surface area contributed by atoms with Crippen LogP contribution in [0.2, 0.25) is 0 Å². The van der Waals surface area contributed by atoms with Crippen LogP contribution in [0.25, 0.3) is 0 Å². The van der Waals surface area contributed by atoms with Crippen molar-refractivity contribution in [3.63, 3.8) is 0 Å². The zero-order valence-electron chi connectivity index (χ0n) is 11.0. The summed E-state index contributed by atoms with van der Waals surface area (Å²) in [5.74, 6) is -2.26. The van der Waals surface area contributed by atoms with Crippen molar-refractivity contribution >= 4 is 58.6 Å². The van der Waals surface area contributed by atoms with Gasteiger partial charge in [0.1, 0.15) is 11.6 Å². The first-order valence-corrected chi connectivity index (χ1v) is 5.36. The van der Waals surface area contributed by atoms with Gasteiger partial charge in [0, 0.05) is 0 Å². The minimum Gasteiger partial charge on any atom is -0.734 e. The van der Waals surface area contributed by atoms with E-state index in [9.17, 15) is 28.8 Å². The van der Waals surface area contributed by atoms with E-state index in [1.165, 1.54) is 13.8 Å². The molecule has 21 heavy (non-hydrogen) atoms. The zero-order valence-corrected chi connectivity index (χ0v) is 13.8. The Bertz CT molecular complexity index is 370. The maximum atomic E-state index is 10.3. The number of Topliss-reactive ketones (excluding diaryl/α,β-unsaturated/α-hetero) is 4. The number of carbonyl (C=O) groups is 6.